The molecule has 10 heteroatoms. The minimum Gasteiger partial charge on any atom is -0.360 e. The largest absolute Gasteiger partial charge is 0.360 e. The number of rotatable bonds is 3. The third-order valence-electron chi connectivity index (χ3n) is 6.30. The van der Waals surface area contributed by atoms with Crippen LogP contribution in [0.25, 0.3) is 22.2 Å². The molecule has 4 aromatic rings. The van der Waals surface area contributed by atoms with Crippen molar-refractivity contribution in [3.8, 4) is 11.3 Å². The number of sulfonamides is 1. The highest BCUT2D eigenvalue weighted by Gasteiger charge is 2.35. The van der Waals surface area contributed by atoms with E-state index in [0.29, 0.717) is 29.6 Å². The highest BCUT2D eigenvalue weighted by Crippen LogP contribution is 2.32. The number of H-pyrrole nitrogens is 1. The van der Waals surface area contributed by atoms with E-state index in [-0.39, 0.29) is 16.7 Å². The van der Waals surface area contributed by atoms with Crippen molar-refractivity contribution in [1.29, 1.82) is 0 Å². The molecule has 2 aromatic heterocycles. The highest BCUT2D eigenvalue weighted by atomic mass is 32.2. The number of amidine groups is 1. The second-order valence-corrected chi connectivity index (χ2v) is 10.9. The first-order chi connectivity index (χ1) is 16.5. The fourth-order valence-electron chi connectivity index (χ4n) is 4.65. The number of thiazole rings is 1. The van der Waals surface area contributed by atoms with Crippen LogP contribution >= 0.6 is 11.3 Å². The molecule has 2 aliphatic rings. The molecule has 6 rings (SSSR count). The molecule has 8 nitrogen and oxygen atoms in total. The van der Waals surface area contributed by atoms with Crippen molar-refractivity contribution in [2.24, 2.45) is 10.3 Å². The van der Waals surface area contributed by atoms with E-state index in [1.165, 1.54) is 11.3 Å². The summed E-state index contributed by atoms with van der Waals surface area (Å²) >= 11 is 1.39. The molecule has 1 atom stereocenters. The van der Waals surface area contributed by atoms with Gasteiger partial charge < -0.3 is 15.2 Å². The van der Waals surface area contributed by atoms with Gasteiger partial charge in [0.25, 0.3) is 10.0 Å². The van der Waals surface area contributed by atoms with Crippen molar-refractivity contribution in [3.63, 3.8) is 0 Å². The maximum atomic E-state index is 13.1. The van der Waals surface area contributed by atoms with Gasteiger partial charge >= 0.3 is 0 Å². The van der Waals surface area contributed by atoms with Crippen molar-refractivity contribution in [1.82, 2.24) is 14.9 Å². The average Bonchev–Trinajstić information content (AvgIpc) is 3.55. The van der Waals surface area contributed by atoms with Crippen molar-refractivity contribution >= 4 is 49.1 Å². The van der Waals surface area contributed by atoms with E-state index in [0.717, 1.165) is 35.0 Å². The first-order valence-corrected chi connectivity index (χ1v) is 13.3. The summed E-state index contributed by atoms with van der Waals surface area (Å²) in [5.41, 5.74) is 3.45. The molecule has 0 spiro atoms. The summed E-state index contributed by atoms with van der Waals surface area (Å²) in [6.45, 7) is 1.07. The summed E-state index contributed by atoms with van der Waals surface area (Å²) in [6.07, 6.45) is 3.43. The van der Waals surface area contributed by atoms with E-state index in [9.17, 15) is 13.2 Å². The van der Waals surface area contributed by atoms with Gasteiger partial charge in [-0.3, -0.25) is 4.79 Å². The van der Waals surface area contributed by atoms with Gasteiger partial charge in [-0.2, -0.15) is 8.42 Å². The number of benzene rings is 2. The molecule has 1 saturated heterocycles. The topological polar surface area (TPSA) is 108 Å². The summed E-state index contributed by atoms with van der Waals surface area (Å²) in [7, 11) is -3.69. The summed E-state index contributed by atoms with van der Waals surface area (Å²) < 4.78 is 28.9. The minimum absolute atomic E-state index is 0.112. The third-order valence-corrected chi connectivity index (χ3v) is 8.39. The number of nitrogens with zero attached hydrogens (tertiary/aromatic N) is 3. The monoisotopic (exact) mass is 491 g/mol. The number of hydrogen-bond acceptors (Lipinski definition) is 6. The van der Waals surface area contributed by atoms with Gasteiger partial charge in [0, 0.05) is 46.7 Å². The molecule has 2 N–H and O–H groups in total. The van der Waals surface area contributed by atoms with Crippen LogP contribution in [0.3, 0.4) is 0 Å². The zero-order chi connectivity index (χ0) is 23.3. The zero-order valence-corrected chi connectivity index (χ0v) is 19.7. The van der Waals surface area contributed by atoms with Gasteiger partial charge in [-0.25, -0.2) is 4.98 Å². The summed E-state index contributed by atoms with van der Waals surface area (Å²) in [6, 6.07) is 14.9. The van der Waals surface area contributed by atoms with Gasteiger partial charge in [0.1, 0.15) is 4.90 Å². The first-order valence-electron chi connectivity index (χ1n) is 11.0. The van der Waals surface area contributed by atoms with E-state index in [4.69, 9.17) is 0 Å². The number of para-hydroxylation sites is 1. The van der Waals surface area contributed by atoms with Crippen molar-refractivity contribution < 1.29 is 13.2 Å². The molecule has 0 aliphatic carbocycles. The molecular weight excluding hydrogens is 470 g/mol. The second kappa shape index (κ2) is 8.07. The second-order valence-electron chi connectivity index (χ2n) is 8.45. The number of nitrogens with one attached hydrogen (secondary N) is 2. The van der Waals surface area contributed by atoms with E-state index >= 15 is 0 Å². The quantitative estimate of drug-likeness (QED) is 0.449. The Bertz CT molecular complexity index is 1550. The molecule has 2 aromatic carbocycles. The molecule has 0 bridgehead atoms. The molecule has 1 amide bonds. The fraction of sp³-hybridized carbons (Fsp3) is 0.208. The van der Waals surface area contributed by atoms with E-state index in [1.807, 2.05) is 40.7 Å². The van der Waals surface area contributed by atoms with E-state index < -0.39 is 10.0 Å². The van der Waals surface area contributed by atoms with Crippen LogP contribution in [-0.2, 0) is 14.8 Å². The number of likely N-dealkylation sites (tertiary alicyclic amines) is 1. The van der Waals surface area contributed by atoms with E-state index in [2.05, 4.69) is 19.7 Å². The molecular formula is C24H21N5O3S2. The van der Waals surface area contributed by atoms with Crippen LogP contribution in [0.2, 0.25) is 0 Å². The Kier molecular flexibility index (Phi) is 5.00. The number of aromatic nitrogens is 2. The standard InChI is InChI=1S/C24H21N5O3S2/c30-23(27-24-26-20(14-33-24)18-12-25-19-9-3-1-7-16(18)19)15-6-5-11-29(13-15)22-17-8-2-4-10-21(17)34(31,32)28-22/h1-4,7-10,12,14-15,25H,5-6,11,13H2,(H,26,27,30)/t15-/m0/s1. The summed E-state index contributed by atoms with van der Waals surface area (Å²) in [5.74, 6) is 0.0376. The number of amides is 1. The molecule has 1 fully saturated rings. The van der Waals surface area contributed by atoms with Crippen LogP contribution in [-0.4, -0.2) is 48.1 Å². The van der Waals surface area contributed by atoms with Crippen LogP contribution in [0.1, 0.15) is 18.4 Å². The summed E-state index contributed by atoms with van der Waals surface area (Å²) in [5, 5.41) is 6.53. The number of hydrogen-bond donors (Lipinski definition) is 2. The maximum absolute atomic E-state index is 13.1. The zero-order valence-electron chi connectivity index (χ0n) is 18.1. The van der Waals surface area contributed by atoms with Crippen LogP contribution in [0, 0.1) is 5.92 Å². The van der Waals surface area contributed by atoms with Gasteiger partial charge in [0.2, 0.25) is 5.91 Å². The van der Waals surface area contributed by atoms with Gasteiger partial charge in [0.05, 0.1) is 11.6 Å². The van der Waals surface area contributed by atoms with E-state index in [1.54, 1.807) is 24.3 Å². The lowest BCUT2D eigenvalue weighted by Crippen LogP contribution is -2.43. The summed E-state index contributed by atoms with van der Waals surface area (Å²) in [4.78, 5) is 23.1. The maximum Gasteiger partial charge on any atom is 0.285 e. The average molecular weight is 492 g/mol. The van der Waals surface area contributed by atoms with Gasteiger partial charge in [-0.05, 0) is 31.0 Å². The normalized spacial score (nSPS) is 19.1. The molecule has 0 radical (unpaired) electrons. The molecule has 0 unspecified atom stereocenters. The molecule has 4 heterocycles. The number of piperidine rings is 1. The molecule has 0 saturated carbocycles. The Hall–Kier alpha value is -3.50. The number of anilines is 1. The van der Waals surface area contributed by atoms with Crippen LogP contribution in [0.5, 0.6) is 0 Å². The molecule has 34 heavy (non-hydrogen) atoms. The number of fused-ring (bicyclic) bond motifs is 2. The van der Waals surface area contributed by atoms with Gasteiger partial charge in [-0.15, -0.1) is 15.7 Å². The Labute approximate surface area is 200 Å². The highest BCUT2D eigenvalue weighted by molar-refractivity contribution is 7.90. The smallest absolute Gasteiger partial charge is 0.285 e. The lowest BCUT2D eigenvalue weighted by Gasteiger charge is -2.33. The fourth-order valence-corrected chi connectivity index (χ4v) is 6.59. The predicted molar refractivity (Wildman–Crippen MR) is 132 cm³/mol. The van der Waals surface area contributed by atoms with Crippen LogP contribution < -0.4 is 5.32 Å². The molecule has 172 valence electrons. The number of carbonyl (C=O) groups excluding carboxylic acids is 1. The van der Waals surface area contributed by atoms with Crippen molar-refractivity contribution in [2.75, 3.05) is 18.4 Å². The van der Waals surface area contributed by atoms with Gasteiger partial charge in [0.15, 0.2) is 11.0 Å². The Morgan fingerprint density at radius 3 is 2.85 bits per heavy atom. The number of carbonyl (C=O) groups is 1. The number of aromatic amines is 1. The predicted octanol–water partition coefficient (Wildman–Crippen LogP) is 4.09. The minimum atomic E-state index is -3.69. The third kappa shape index (κ3) is 3.59. The van der Waals surface area contributed by atoms with Crippen LogP contribution in [0.15, 0.2) is 69.4 Å². The Morgan fingerprint density at radius 2 is 1.94 bits per heavy atom. The Balaban J connectivity index is 1.18. The lowest BCUT2D eigenvalue weighted by atomic mass is 9.96. The molecule has 2 aliphatic heterocycles. The lowest BCUT2D eigenvalue weighted by molar-refractivity contribution is -0.121. The SMILES string of the molecule is O=C(Nc1nc(-c2c[nH]c3ccccc23)cs1)[C@H]1CCCN(C2=NS(=O)(=O)c3ccccc32)C1. The first kappa shape index (κ1) is 21.1. The van der Waals surface area contributed by atoms with Crippen LogP contribution in [0.4, 0.5) is 5.13 Å². The van der Waals surface area contributed by atoms with Crippen molar-refractivity contribution in [3.05, 3.63) is 65.7 Å². The van der Waals surface area contributed by atoms with Gasteiger partial charge in [-0.1, -0.05) is 30.3 Å². The Morgan fingerprint density at radius 1 is 1.12 bits per heavy atom. The van der Waals surface area contributed by atoms with Crippen molar-refractivity contribution in [2.45, 2.75) is 17.7 Å².